The van der Waals surface area contributed by atoms with E-state index in [0.29, 0.717) is 33.0 Å². The van der Waals surface area contributed by atoms with Gasteiger partial charge in [-0.3, -0.25) is 0 Å². The highest BCUT2D eigenvalue weighted by atomic mass is 16.7. The summed E-state index contributed by atoms with van der Waals surface area (Å²) in [6.07, 6.45) is 2.22. The Labute approximate surface area is 134 Å². The van der Waals surface area contributed by atoms with Crippen molar-refractivity contribution in [3.05, 3.63) is 48.6 Å². The summed E-state index contributed by atoms with van der Waals surface area (Å²) in [5.41, 5.74) is 1.15. The lowest BCUT2D eigenvalue weighted by atomic mass is 10.2. The van der Waals surface area contributed by atoms with Gasteiger partial charge in [0.25, 0.3) is 0 Å². The van der Waals surface area contributed by atoms with Gasteiger partial charge in [-0.25, -0.2) is 0 Å². The fourth-order valence-corrected chi connectivity index (χ4v) is 1.98. The molecule has 0 bridgehead atoms. The molecule has 0 heterocycles. The summed E-state index contributed by atoms with van der Waals surface area (Å²) in [6.45, 7) is 10.4. The lowest BCUT2D eigenvalue weighted by Crippen LogP contribution is -2.29. The van der Waals surface area contributed by atoms with E-state index >= 15 is 0 Å². The first-order valence-electron chi connectivity index (χ1n) is 7.87. The predicted molar refractivity (Wildman–Crippen MR) is 87.7 cm³/mol. The van der Waals surface area contributed by atoms with E-state index in [2.05, 4.69) is 6.58 Å². The highest BCUT2D eigenvalue weighted by Crippen LogP contribution is 2.07. The van der Waals surface area contributed by atoms with E-state index in [0.717, 1.165) is 12.0 Å². The Balaban J connectivity index is 2.32. The van der Waals surface area contributed by atoms with Crippen LogP contribution in [0.3, 0.4) is 0 Å². The van der Waals surface area contributed by atoms with Crippen molar-refractivity contribution in [3.63, 3.8) is 0 Å². The lowest BCUT2D eigenvalue weighted by molar-refractivity contribution is -0.180. The first kappa shape index (κ1) is 18.8. The third-order valence-corrected chi connectivity index (χ3v) is 3.02. The Morgan fingerprint density at radius 1 is 1.00 bits per heavy atom. The van der Waals surface area contributed by atoms with E-state index in [1.807, 2.05) is 50.3 Å². The van der Waals surface area contributed by atoms with Crippen molar-refractivity contribution < 1.29 is 18.9 Å². The van der Waals surface area contributed by atoms with Crippen LogP contribution >= 0.6 is 0 Å². The zero-order valence-electron chi connectivity index (χ0n) is 13.7. The summed E-state index contributed by atoms with van der Waals surface area (Å²) in [6, 6.07) is 10.1. The van der Waals surface area contributed by atoms with Crippen LogP contribution in [0.1, 0.15) is 25.8 Å². The van der Waals surface area contributed by atoms with Crippen LogP contribution in [0.25, 0.3) is 0 Å². The molecule has 0 aliphatic carbocycles. The number of hydrogen-bond donors (Lipinski definition) is 0. The van der Waals surface area contributed by atoms with Gasteiger partial charge < -0.3 is 18.9 Å². The molecule has 4 nitrogen and oxygen atoms in total. The Morgan fingerprint density at radius 2 is 1.68 bits per heavy atom. The largest absolute Gasteiger partial charge is 0.374 e. The summed E-state index contributed by atoms with van der Waals surface area (Å²) in [7, 11) is 0. The molecule has 0 radical (unpaired) electrons. The number of rotatable bonds is 13. The van der Waals surface area contributed by atoms with Gasteiger partial charge in [-0.1, -0.05) is 36.4 Å². The molecule has 124 valence electrons. The van der Waals surface area contributed by atoms with Crippen LogP contribution in [0.2, 0.25) is 0 Å². The van der Waals surface area contributed by atoms with Crippen LogP contribution in [0.15, 0.2) is 43.0 Å². The van der Waals surface area contributed by atoms with Crippen molar-refractivity contribution in [1.82, 2.24) is 0 Å². The minimum absolute atomic E-state index is 0.0374. The maximum absolute atomic E-state index is 5.84. The second kappa shape index (κ2) is 12.4. The van der Waals surface area contributed by atoms with E-state index in [1.54, 1.807) is 0 Å². The molecule has 0 amide bonds. The predicted octanol–water partition coefficient (Wildman–Crippen LogP) is 3.56. The zero-order chi connectivity index (χ0) is 16.0. The smallest absolute Gasteiger partial charge is 0.180 e. The minimum atomic E-state index is -0.323. The second-order valence-corrected chi connectivity index (χ2v) is 4.82. The van der Waals surface area contributed by atoms with Gasteiger partial charge in [0.1, 0.15) is 0 Å². The third-order valence-electron chi connectivity index (χ3n) is 3.02. The number of ether oxygens (including phenoxy) is 4. The Bertz CT molecular complexity index is 374. The van der Waals surface area contributed by atoms with Crippen molar-refractivity contribution >= 4 is 0 Å². The average Bonchev–Trinajstić information content (AvgIpc) is 2.54. The van der Waals surface area contributed by atoms with Gasteiger partial charge in [0.2, 0.25) is 0 Å². The van der Waals surface area contributed by atoms with Gasteiger partial charge in [0.05, 0.1) is 25.9 Å². The first-order valence-corrected chi connectivity index (χ1v) is 7.87. The molecule has 22 heavy (non-hydrogen) atoms. The molecule has 1 unspecified atom stereocenters. The van der Waals surface area contributed by atoms with Crippen molar-refractivity contribution in [3.8, 4) is 0 Å². The standard InChI is InChI=1S/C18H28O4/c1-4-10-17(22-15-18(20-5-2)21-6-3)14-19-13-16-11-8-7-9-12-16/h4,7-9,11-12,17-18H,1,5-6,10,13-15H2,2-3H3. The normalized spacial score (nSPS) is 12.5. The van der Waals surface area contributed by atoms with Crippen molar-refractivity contribution in [2.45, 2.75) is 39.3 Å². The van der Waals surface area contributed by atoms with Crippen LogP contribution in [-0.4, -0.2) is 38.8 Å². The molecule has 0 saturated carbocycles. The summed E-state index contributed by atoms with van der Waals surface area (Å²) < 4.78 is 22.5. The van der Waals surface area contributed by atoms with Gasteiger partial charge in [-0.15, -0.1) is 6.58 Å². The van der Waals surface area contributed by atoms with Crippen molar-refractivity contribution in [2.24, 2.45) is 0 Å². The minimum Gasteiger partial charge on any atom is -0.374 e. The fourth-order valence-electron chi connectivity index (χ4n) is 1.98. The van der Waals surface area contributed by atoms with E-state index < -0.39 is 0 Å². The molecule has 0 spiro atoms. The van der Waals surface area contributed by atoms with Gasteiger partial charge in [0, 0.05) is 13.2 Å². The number of hydrogen-bond acceptors (Lipinski definition) is 4. The van der Waals surface area contributed by atoms with Gasteiger partial charge in [-0.05, 0) is 25.8 Å². The second-order valence-electron chi connectivity index (χ2n) is 4.82. The molecule has 1 rings (SSSR count). The summed E-state index contributed by atoms with van der Waals surface area (Å²) >= 11 is 0. The van der Waals surface area contributed by atoms with Crippen LogP contribution in [0, 0.1) is 0 Å². The molecule has 0 aliphatic heterocycles. The highest BCUT2D eigenvalue weighted by Gasteiger charge is 2.13. The van der Waals surface area contributed by atoms with Crippen LogP contribution < -0.4 is 0 Å². The maximum atomic E-state index is 5.84. The molecule has 0 aromatic heterocycles. The van der Waals surface area contributed by atoms with Crippen LogP contribution in [0.4, 0.5) is 0 Å². The van der Waals surface area contributed by atoms with Gasteiger partial charge in [0.15, 0.2) is 6.29 Å². The van der Waals surface area contributed by atoms with Crippen LogP contribution in [0.5, 0.6) is 0 Å². The maximum Gasteiger partial charge on any atom is 0.180 e. The Hall–Kier alpha value is -1.20. The molecule has 1 aromatic carbocycles. The molecule has 0 N–H and O–H groups in total. The fraction of sp³-hybridized carbons (Fsp3) is 0.556. The molecule has 0 saturated heterocycles. The van der Waals surface area contributed by atoms with Crippen molar-refractivity contribution in [1.29, 1.82) is 0 Å². The molecule has 0 aliphatic rings. The average molecular weight is 308 g/mol. The monoisotopic (exact) mass is 308 g/mol. The first-order chi connectivity index (χ1) is 10.8. The van der Waals surface area contributed by atoms with E-state index in [1.165, 1.54) is 0 Å². The SMILES string of the molecule is C=CCC(COCc1ccccc1)OCC(OCC)OCC. The molecular weight excluding hydrogens is 280 g/mol. The lowest BCUT2D eigenvalue weighted by Gasteiger charge is -2.21. The van der Waals surface area contributed by atoms with Gasteiger partial charge >= 0.3 is 0 Å². The Kier molecular flexibility index (Phi) is 10.6. The molecule has 1 aromatic rings. The molecule has 4 heteroatoms. The number of benzene rings is 1. The van der Waals surface area contributed by atoms with Crippen LogP contribution in [-0.2, 0) is 25.6 Å². The van der Waals surface area contributed by atoms with E-state index in [-0.39, 0.29) is 12.4 Å². The molecular formula is C18H28O4. The highest BCUT2D eigenvalue weighted by molar-refractivity contribution is 5.13. The van der Waals surface area contributed by atoms with E-state index in [9.17, 15) is 0 Å². The summed E-state index contributed by atoms with van der Waals surface area (Å²) in [4.78, 5) is 0. The zero-order valence-corrected chi connectivity index (χ0v) is 13.7. The molecule has 0 fully saturated rings. The Morgan fingerprint density at radius 3 is 2.27 bits per heavy atom. The third kappa shape index (κ3) is 8.29. The summed E-state index contributed by atoms with van der Waals surface area (Å²) in [5.74, 6) is 0. The van der Waals surface area contributed by atoms with Crippen molar-refractivity contribution in [2.75, 3.05) is 26.4 Å². The topological polar surface area (TPSA) is 36.9 Å². The molecule has 1 atom stereocenters. The summed E-state index contributed by atoms with van der Waals surface area (Å²) in [5, 5.41) is 0. The van der Waals surface area contributed by atoms with Gasteiger partial charge in [-0.2, -0.15) is 0 Å². The van der Waals surface area contributed by atoms with E-state index in [4.69, 9.17) is 18.9 Å². The quantitative estimate of drug-likeness (QED) is 0.412.